The molecular weight excluding hydrogens is 403 g/mol. The van der Waals surface area contributed by atoms with Crippen molar-refractivity contribution in [3.05, 3.63) is 67.1 Å². The third-order valence-corrected chi connectivity index (χ3v) is 3.86. The molecule has 100 valence electrons. The second kappa shape index (κ2) is 5.87. The minimum atomic E-state index is -0.989. The van der Waals surface area contributed by atoms with Gasteiger partial charge in [-0.3, -0.25) is 0 Å². The SMILES string of the molecule is NC(c1cc(Br)cc(Br)c1)c1cc(F)c(F)cc1Cl. The Bertz CT molecular complexity index is 614. The minimum Gasteiger partial charge on any atom is -0.320 e. The maximum absolute atomic E-state index is 13.3. The van der Waals surface area contributed by atoms with Gasteiger partial charge in [-0.1, -0.05) is 43.5 Å². The second-order valence-corrected chi connectivity index (χ2v) is 6.21. The van der Waals surface area contributed by atoms with E-state index in [0.29, 0.717) is 5.56 Å². The molecule has 2 aromatic rings. The summed E-state index contributed by atoms with van der Waals surface area (Å²) in [7, 11) is 0. The van der Waals surface area contributed by atoms with Gasteiger partial charge in [0.05, 0.1) is 6.04 Å². The standard InChI is InChI=1S/C13H8Br2ClF2N/c14-7-1-6(2-8(15)3-7)13(19)9-4-11(17)12(18)5-10(9)16/h1-5,13H,19H2. The molecular formula is C13H8Br2ClF2N. The Labute approximate surface area is 131 Å². The van der Waals surface area contributed by atoms with Crippen LogP contribution in [-0.4, -0.2) is 0 Å². The van der Waals surface area contributed by atoms with E-state index in [1.807, 2.05) is 6.07 Å². The first-order valence-electron chi connectivity index (χ1n) is 5.24. The summed E-state index contributed by atoms with van der Waals surface area (Å²) in [4.78, 5) is 0. The molecule has 0 radical (unpaired) electrons. The van der Waals surface area contributed by atoms with Crippen LogP contribution in [0, 0.1) is 11.6 Å². The normalized spacial score (nSPS) is 12.5. The molecule has 2 aromatic carbocycles. The molecule has 0 aromatic heterocycles. The van der Waals surface area contributed by atoms with Crippen molar-refractivity contribution in [2.24, 2.45) is 5.73 Å². The highest BCUT2D eigenvalue weighted by Gasteiger charge is 2.17. The first-order valence-corrected chi connectivity index (χ1v) is 7.21. The van der Waals surface area contributed by atoms with Crippen LogP contribution >= 0.6 is 43.5 Å². The zero-order valence-corrected chi connectivity index (χ0v) is 13.4. The van der Waals surface area contributed by atoms with Gasteiger partial charge in [-0.15, -0.1) is 0 Å². The van der Waals surface area contributed by atoms with E-state index in [-0.39, 0.29) is 5.02 Å². The number of halogens is 5. The van der Waals surface area contributed by atoms with Crippen LogP contribution in [0.15, 0.2) is 39.3 Å². The molecule has 19 heavy (non-hydrogen) atoms. The topological polar surface area (TPSA) is 26.0 Å². The van der Waals surface area contributed by atoms with E-state index in [4.69, 9.17) is 17.3 Å². The molecule has 6 heteroatoms. The lowest BCUT2D eigenvalue weighted by molar-refractivity contribution is 0.506. The van der Waals surface area contributed by atoms with E-state index in [9.17, 15) is 8.78 Å². The van der Waals surface area contributed by atoms with Crippen molar-refractivity contribution >= 4 is 43.5 Å². The summed E-state index contributed by atoms with van der Waals surface area (Å²) in [6.45, 7) is 0. The Morgan fingerprint density at radius 3 is 2.05 bits per heavy atom. The van der Waals surface area contributed by atoms with Crippen LogP contribution in [0.25, 0.3) is 0 Å². The van der Waals surface area contributed by atoms with Gasteiger partial charge in [0, 0.05) is 14.0 Å². The van der Waals surface area contributed by atoms with Crippen molar-refractivity contribution in [2.45, 2.75) is 6.04 Å². The second-order valence-electron chi connectivity index (χ2n) is 3.97. The fraction of sp³-hybridized carbons (Fsp3) is 0.0769. The Hall–Kier alpha value is -0.490. The molecule has 0 amide bonds. The van der Waals surface area contributed by atoms with Gasteiger partial charge >= 0.3 is 0 Å². The fourth-order valence-electron chi connectivity index (χ4n) is 1.71. The highest BCUT2D eigenvalue weighted by Crippen LogP contribution is 2.31. The monoisotopic (exact) mass is 409 g/mol. The van der Waals surface area contributed by atoms with Crippen LogP contribution in [0.2, 0.25) is 5.02 Å². The third kappa shape index (κ3) is 3.34. The lowest BCUT2D eigenvalue weighted by atomic mass is 9.99. The van der Waals surface area contributed by atoms with Crippen LogP contribution in [0.1, 0.15) is 17.2 Å². The lowest BCUT2D eigenvalue weighted by Crippen LogP contribution is -2.13. The summed E-state index contributed by atoms with van der Waals surface area (Å²) in [6, 6.07) is 6.76. The number of nitrogens with two attached hydrogens (primary N) is 1. The molecule has 0 fully saturated rings. The molecule has 0 aliphatic carbocycles. The molecule has 2 rings (SSSR count). The average molecular weight is 411 g/mol. The van der Waals surface area contributed by atoms with Crippen molar-refractivity contribution in [2.75, 3.05) is 0 Å². The molecule has 0 aliphatic heterocycles. The fourth-order valence-corrected chi connectivity index (χ4v) is 3.31. The van der Waals surface area contributed by atoms with E-state index >= 15 is 0 Å². The molecule has 0 bridgehead atoms. The van der Waals surface area contributed by atoms with E-state index in [0.717, 1.165) is 26.6 Å². The van der Waals surface area contributed by atoms with Gasteiger partial charge < -0.3 is 5.73 Å². The van der Waals surface area contributed by atoms with Crippen LogP contribution in [0.3, 0.4) is 0 Å². The van der Waals surface area contributed by atoms with Gasteiger partial charge in [0.25, 0.3) is 0 Å². The van der Waals surface area contributed by atoms with Gasteiger partial charge in [-0.05, 0) is 41.5 Å². The number of hydrogen-bond donors (Lipinski definition) is 1. The predicted molar refractivity (Wildman–Crippen MR) is 79.2 cm³/mol. The molecule has 0 aliphatic rings. The summed E-state index contributed by atoms with van der Waals surface area (Å²) in [6.07, 6.45) is 0. The first-order chi connectivity index (χ1) is 8.88. The minimum absolute atomic E-state index is 0.0995. The smallest absolute Gasteiger partial charge is 0.160 e. The average Bonchev–Trinajstić information content (AvgIpc) is 2.31. The molecule has 0 heterocycles. The summed E-state index contributed by atoms with van der Waals surface area (Å²) >= 11 is 12.6. The molecule has 0 saturated carbocycles. The summed E-state index contributed by atoms with van der Waals surface area (Å²) in [5, 5.41) is 0.0995. The molecule has 2 N–H and O–H groups in total. The van der Waals surface area contributed by atoms with Crippen molar-refractivity contribution in [3.63, 3.8) is 0 Å². The van der Waals surface area contributed by atoms with Gasteiger partial charge in [0.1, 0.15) is 0 Å². The van der Waals surface area contributed by atoms with Gasteiger partial charge in [-0.25, -0.2) is 8.78 Å². The van der Waals surface area contributed by atoms with E-state index < -0.39 is 17.7 Å². The van der Waals surface area contributed by atoms with Crippen molar-refractivity contribution in [1.82, 2.24) is 0 Å². The molecule has 1 unspecified atom stereocenters. The Balaban J connectivity index is 2.49. The Morgan fingerprint density at radius 1 is 0.947 bits per heavy atom. The van der Waals surface area contributed by atoms with Crippen molar-refractivity contribution in [3.8, 4) is 0 Å². The lowest BCUT2D eigenvalue weighted by Gasteiger charge is -2.15. The Morgan fingerprint density at radius 2 is 1.47 bits per heavy atom. The Kier molecular flexibility index (Phi) is 4.61. The predicted octanol–water partition coefficient (Wildman–Crippen LogP) is 5.19. The first kappa shape index (κ1) is 14.9. The number of benzene rings is 2. The van der Waals surface area contributed by atoms with E-state index in [1.54, 1.807) is 12.1 Å². The van der Waals surface area contributed by atoms with Gasteiger partial charge in [0.15, 0.2) is 11.6 Å². The maximum Gasteiger partial charge on any atom is 0.160 e. The van der Waals surface area contributed by atoms with Gasteiger partial charge in [0.2, 0.25) is 0 Å². The van der Waals surface area contributed by atoms with Crippen LogP contribution in [-0.2, 0) is 0 Å². The van der Waals surface area contributed by atoms with E-state index in [1.165, 1.54) is 0 Å². The molecule has 1 nitrogen and oxygen atoms in total. The number of hydrogen-bond acceptors (Lipinski definition) is 1. The highest BCUT2D eigenvalue weighted by atomic mass is 79.9. The molecule has 1 atom stereocenters. The summed E-state index contributed by atoms with van der Waals surface area (Å²) in [5.74, 6) is -1.96. The number of rotatable bonds is 2. The maximum atomic E-state index is 13.3. The van der Waals surface area contributed by atoms with Crippen LogP contribution in [0.4, 0.5) is 8.78 Å². The third-order valence-electron chi connectivity index (χ3n) is 2.62. The molecule has 0 spiro atoms. The van der Waals surface area contributed by atoms with Crippen molar-refractivity contribution < 1.29 is 8.78 Å². The van der Waals surface area contributed by atoms with Crippen LogP contribution in [0.5, 0.6) is 0 Å². The largest absolute Gasteiger partial charge is 0.320 e. The van der Waals surface area contributed by atoms with Crippen LogP contribution < -0.4 is 5.73 Å². The van der Waals surface area contributed by atoms with E-state index in [2.05, 4.69) is 31.9 Å². The summed E-state index contributed by atoms with van der Waals surface area (Å²) in [5.41, 5.74) is 7.13. The molecule has 0 saturated heterocycles. The quantitative estimate of drug-likeness (QED) is 0.676. The zero-order valence-electron chi connectivity index (χ0n) is 9.43. The highest BCUT2D eigenvalue weighted by molar-refractivity contribution is 9.11. The summed E-state index contributed by atoms with van der Waals surface area (Å²) < 4.78 is 28.0. The van der Waals surface area contributed by atoms with Gasteiger partial charge in [-0.2, -0.15) is 0 Å². The zero-order chi connectivity index (χ0) is 14.2. The van der Waals surface area contributed by atoms with Crippen molar-refractivity contribution in [1.29, 1.82) is 0 Å².